The van der Waals surface area contributed by atoms with Gasteiger partial charge in [-0.2, -0.15) is 5.26 Å². The number of anilines is 1. The molecule has 2 aromatic rings. The van der Waals surface area contributed by atoms with Crippen LogP contribution in [0.15, 0.2) is 42.5 Å². The number of nitrogens with one attached hydrogen (secondary N) is 1. The minimum Gasteiger partial charge on any atom is -0.490 e. The first-order valence-corrected chi connectivity index (χ1v) is 9.54. The fourth-order valence-corrected chi connectivity index (χ4v) is 2.92. The maximum Gasteiger partial charge on any atom is 0.282 e. The Morgan fingerprint density at radius 3 is 2.46 bits per heavy atom. The predicted octanol–water partition coefficient (Wildman–Crippen LogP) is 3.01. The summed E-state index contributed by atoms with van der Waals surface area (Å²) in [6, 6.07) is 14.6. The molecule has 1 amide bonds. The molecule has 3 N–H and O–H groups in total. The molecule has 0 bridgehead atoms. The molecule has 6 heteroatoms. The SMILES string of the molecule is CCOc1ccc([C@@H](C)[NH2+][C@@H](C)C(=O)Nc2ccccc2C#N)cc1OCC. The van der Waals surface area contributed by atoms with Gasteiger partial charge in [-0.25, -0.2) is 0 Å². The summed E-state index contributed by atoms with van der Waals surface area (Å²) < 4.78 is 11.3. The van der Waals surface area contributed by atoms with Crippen molar-refractivity contribution in [3.05, 3.63) is 53.6 Å². The summed E-state index contributed by atoms with van der Waals surface area (Å²) in [5, 5.41) is 14.0. The average Bonchev–Trinajstić information content (AvgIpc) is 2.69. The molecule has 0 fully saturated rings. The van der Waals surface area contributed by atoms with Crippen LogP contribution >= 0.6 is 0 Å². The molecule has 0 heterocycles. The van der Waals surface area contributed by atoms with Gasteiger partial charge in [0.2, 0.25) is 0 Å². The van der Waals surface area contributed by atoms with E-state index in [0.29, 0.717) is 30.2 Å². The first-order valence-electron chi connectivity index (χ1n) is 9.54. The van der Waals surface area contributed by atoms with E-state index in [1.54, 1.807) is 24.3 Å². The summed E-state index contributed by atoms with van der Waals surface area (Å²) in [7, 11) is 0. The molecule has 0 aliphatic rings. The average molecular weight is 382 g/mol. The Balaban J connectivity index is 2.06. The van der Waals surface area contributed by atoms with Crippen LogP contribution in [-0.2, 0) is 4.79 Å². The maximum absolute atomic E-state index is 12.6. The summed E-state index contributed by atoms with van der Waals surface area (Å²) >= 11 is 0. The number of hydrogen-bond donors (Lipinski definition) is 2. The molecule has 2 aromatic carbocycles. The highest BCUT2D eigenvalue weighted by Gasteiger charge is 2.22. The second-order valence-electron chi connectivity index (χ2n) is 6.49. The van der Waals surface area contributed by atoms with E-state index in [1.807, 2.05) is 51.2 Å². The van der Waals surface area contributed by atoms with Gasteiger partial charge in [0.25, 0.3) is 5.91 Å². The number of amides is 1. The van der Waals surface area contributed by atoms with Gasteiger partial charge in [0.15, 0.2) is 17.5 Å². The number of carbonyl (C=O) groups excluding carboxylic acids is 1. The Morgan fingerprint density at radius 1 is 1.11 bits per heavy atom. The smallest absolute Gasteiger partial charge is 0.282 e. The van der Waals surface area contributed by atoms with Gasteiger partial charge in [-0.1, -0.05) is 12.1 Å². The molecule has 0 spiro atoms. The molecule has 6 nitrogen and oxygen atoms in total. The Hall–Kier alpha value is -3.04. The van der Waals surface area contributed by atoms with E-state index >= 15 is 0 Å². The second-order valence-corrected chi connectivity index (χ2v) is 6.49. The number of ether oxygens (including phenoxy) is 2. The highest BCUT2D eigenvalue weighted by molar-refractivity contribution is 5.94. The molecular weight excluding hydrogens is 354 g/mol. The van der Waals surface area contributed by atoms with Gasteiger partial charge in [-0.3, -0.25) is 4.79 Å². The van der Waals surface area contributed by atoms with Gasteiger partial charge in [0.05, 0.1) is 24.5 Å². The molecule has 0 aliphatic carbocycles. The van der Waals surface area contributed by atoms with E-state index in [0.717, 1.165) is 11.3 Å². The number of nitriles is 1. The molecule has 0 aromatic heterocycles. The molecule has 0 saturated heterocycles. The van der Waals surface area contributed by atoms with Crippen molar-refractivity contribution in [2.24, 2.45) is 0 Å². The Morgan fingerprint density at radius 2 is 1.79 bits per heavy atom. The highest BCUT2D eigenvalue weighted by Crippen LogP contribution is 2.30. The van der Waals surface area contributed by atoms with Crippen molar-refractivity contribution in [3.8, 4) is 17.6 Å². The van der Waals surface area contributed by atoms with Gasteiger partial charge >= 0.3 is 0 Å². The lowest BCUT2D eigenvalue weighted by Crippen LogP contribution is -2.91. The third kappa shape index (κ3) is 5.48. The molecule has 148 valence electrons. The quantitative estimate of drug-likeness (QED) is 0.698. The van der Waals surface area contributed by atoms with Crippen LogP contribution in [0.25, 0.3) is 0 Å². The molecule has 28 heavy (non-hydrogen) atoms. The molecular formula is C22H28N3O3+. The number of benzene rings is 2. The van der Waals surface area contributed by atoms with E-state index in [2.05, 4.69) is 11.4 Å². The molecule has 0 aliphatic heterocycles. The van der Waals surface area contributed by atoms with E-state index < -0.39 is 0 Å². The van der Waals surface area contributed by atoms with Crippen molar-refractivity contribution < 1.29 is 19.6 Å². The summed E-state index contributed by atoms with van der Waals surface area (Å²) in [4.78, 5) is 12.6. The standard InChI is InChI=1S/C22H27N3O3/c1-5-27-20-12-11-17(13-21(20)28-6-2)15(3)24-16(4)22(26)25-19-10-8-7-9-18(19)14-23/h7-13,15-16,24H,5-6H2,1-4H3,(H,25,26)/p+1/t15-,16+/m1/s1. The third-order valence-electron chi connectivity index (χ3n) is 4.39. The minimum atomic E-state index is -0.330. The largest absolute Gasteiger partial charge is 0.490 e. The number of carbonyl (C=O) groups is 1. The summed E-state index contributed by atoms with van der Waals surface area (Å²) in [5.74, 6) is 1.28. The van der Waals surface area contributed by atoms with E-state index in [-0.39, 0.29) is 18.0 Å². The van der Waals surface area contributed by atoms with Crippen LogP contribution in [0.3, 0.4) is 0 Å². The zero-order valence-electron chi connectivity index (χ0n) is 16.9. The van der Waals surface area contributed by atoms with Crippen LogP contribution in [-0.4, -0.2) is 25.2 Å². The van der Waals surface area contributed by atoms with E-state index in [9.17, 15) is 4.79 Å². The van der Waals surface area contributed by atoms with Crippen molar-refractivity contribution in [2.45, 2.75) is 39.8 Å². The van der Waals surface area contributed by atoms with Crippen LogP contribution in [0.4, 0.5) is 5.69 Å². The Labute approximate surface area is 166 Å². The van der Waals surface area contributed by atoms with Crippen LogP contribution < -0.4 is 20.1 Å². The van der Waals surface area contributed by atoms with Crippen LogP contribution in [0.5, 0.6) is 11.5 Å². The Kier molecular flexibility index (Phi) is 7.85. The van der Waals surface area contributed by atoms with Crippen LogP contribution in [0.1, 0.15) is 44.9 Å². The van der Waals surface area contributed by atoms with E-state index in [1.165, 1.54) is 0 Å². The molecule has 0 unspecified atom stereocenters. The molecule has 0 radical (unpaired) electrons. The van der Waals surface area contributed by atoms with Gasteiger partial charge in [-0.15, -0.1) is 0 Å². The number of nitrogens with zero attached hydrogens (tertiary/aromatic N) is 1. The van der Waals surface area contributed by atoms with Crippen molar-refractivity contribution in [1.82, 2.24) is 0 Å². The molecule has 2 rings (SSSR count). The van der Waals surface area contributed by atoms with Gasteiger partial charge in [0.1, 0.15) is 12.1 Å². The van der Waals surface area contributed by atoms with Gasteiger partial charge < -0.3 is 20.1 Å². The summed E-state index contributed by atoms with van der Waals surface area (Å²) in [5.41, 5.74) is 2.02. The zero-order valence-corrected chi connectivity index (χ0v) is 16.9. The lowest BCUT2D eigenvalue weighted by molar-refractivity contribution is -0.709. The maximum atomic E-state index is 12.6. The normalized spacial score (nSPS) is 12.5. The number of quaternary nitrogens is 1. The lowest BCUT2D eigenvalue weighted by Gasteiger charge is -2.19. The lowest BCUT2D eigenvalue weighted by atomic mass is 10.1. The number of para-hydroxylation sites is 1. The molecule has 2 atom stereocenters. The van der Waals surface area contributed by atoms with Crippen molar-refractivity contribution in [1.29, 1.82) is 5.26 Å². The first-order chi connectivity index (χ1) is 13.5. The van der Waals surface area contributed by atoms with Crippen molar-refractivity contribution >= 4 is 11.6 Å². The fourth-order valence-electron chi connectivity index (χ4n) is 2.92. The second kappa shape index (κ2) is 10.3. The summed E-state index contributed by atoms with van der Waals surface area (Å²) in [6.45, 7) is 8.88. The van der Waals surface area contributed by atoms with Gasteiger partial charge in [0, 0.05) is 5.56 Å². The third-order valence-corrected chi connectivity index (χ3v) is 4.39. The highest BCUT2D eigenvalue weighted by atomic mass is 16.5. The number of hydrogen-bond acceptors (Lipinski definition) is 4. The van der Waals surface area contributed by atoms with Crippen molar-refractivity contribution in [2.75, 3.05) is 18.5 Å². The van der Waals surface area contributed by atoms with Crippen LogP contribution in [0.2, 0.25) is 0 Å². The summed E-state index contributed by atoms with van der Waals surface area (Å²) in [6.07, 6.45) is 0. The van der Waals surface area contributed by atoms with Crippen molar-refractivity contribution in [3.63, 3.8) is 0 Å². The number of nitrogens with two attached hydrogens (primary N) is 1. The Bertz CT molecular complexity index is 845. The minimum absolute atomic E-state index is 0.0434. The fraction of sp³-hybridized carbons (Fsp3) is 0.364. The zero-order chi connectivity index (χ0) is 20.5. The number of rotatable bonds is 9. The van der Waals surface area contributed by atoms with Crippen LogP contribution in [0, 0.1) is 11.3 Å². The van der Waals surface area contributed by atoms with E-state index in [4.69, 9.17) is 14.7 Å². The topological polar surface area (TPSA) is 88.0 Å². The first kappa shape index (κ1) is 21.3. The monoisotopic (exact) mass is 382 g/mol. The molecule has 0 saturated carbocycles. The predicted molar refractivity (Wildman–Crippen MR) is 108 cm³/mol. The van der Waals surface area contributed by atoms with Gasteiger partial charge in [-0.05, 0) is 58.0 Å².